The summed E-state index contributed by atoms with van der Waals surface area (Å²) in [6.45, 7) is 0.303. The van der Waals surface area contributed by atoms with Gasteiger partial charge in [-0.2, -0.15) is 5.10 Å². The molecule has 1 aromatic carbocycles. The van der Waals surface area contributed by atoms with E-state index >= 15 is 0 Å². The molecule has 0 aliphatic rings. The van der Waals surface area contributed by atoms with Crippen LogP contribution in [0.5, 0.6) is 0 Å². The highest BCUT2D eigenvalue weighted by atomic mass is 35.5. The summed E-state index contributed by atoms with van der Waals surface area (Å²) in [7, 11) is 0. The number of carbonyl (C=O) groups is 1. The molecule has 0 aliphatic carbocycles. The Morgan fingerprint density at radius 2 is 2.11 bits per heavy atom. The molecule has 0 fully saturated rings. The third-order valence-electron chi connectivity index (χ3n) is 3.71. The molecule has 0 saturated carbocycles. The Bertz CT molecular complexity index is 1090. The molecule has 0 aliphatic heterocycles. The summed E-state index contributed by atoms with van der Waals surface area (Å²) in [5.74, 6) is -0.802. The van der Waals surface area contributed by atoms with E-state index in [1.807, 2.05) is 0 Å². The molecule has 4 rings (SSSR count). The number of rotatable bonds is 5. The Morgan fingerprint density at radius 3 is 2.82 bits per heavy atom. The predicted octanol–water partition coefficient (Wildman–Crippen LogP) is 3.93. The zero-order valence-electron chi connectivity index (χ0n) is 14.2. The largest absolute Gasteiger partial charge is 0.325 e. The minimum Gasteiger partial charge on any atom is -0.325 e. The van der Waals surface area contributed by atoms with Gasteiger partial charge in [0.1, 0.15) is 21.5 Å². The van der Waals surface area contributed by atoms with Crippen molar-refractivity contribution < 1.29 is 9.18 Å². The van der Waals surface area contributed by atoms with Crippen LogP contribution in [0.1, 0.15) is 15.5 Å². The fourth-order valence-electron chi connectivity index (χ4n) is 2.43. The van der Waals surface area contributed by atoms with E-state index in [1.54, 1.807) is 23.2 Å². The van der Waals surface area contributed by atoms with Crippen LogP contribution in [0.4, 0.5) is 10.1 Å². The van der Waals surface area contributed by atoms with Crippen molar-refractivity contribution >= 4 is 46.7 Å². The summed E-state index contributed by atoms with van der Waals surface area (Å²) >= 11 is 2.72. The number of aromatic nitrogens is 4. The first-order valence-electron chi connectivity index (χ1n) is 7.84. The second-order valence-corrected chi connectivity index (χ2v) is 7.30. The summed E-state index contributed by atoms with van der Waals surface area (Å²) in [5.41, 5.74) is 8.18. The van der Waals surface area contributed by atoms with Gasteiger partial charge >= 0.3 is 0 Å². The molecule has 3 aromatic heterocycles. The number of anilines is 1. The Balaban J connectivity index is 0.00000225. The molecular formula is C17H14ClFN6OS2. The van der Waals surface area contributed by atoms with E-state index in [-0.39, 0.29) is 24.0 Å². The third-order valence-corrected chi connectivity index (χ3v) is 5.48. The van der Waals surface area contributed by atoms with Crippen LogP contribution in [-0.4, -0.2) is 26.1 Å². The molecule has 0 unspecified atom stereocenters. The van der Waals surface area contributed by atoms with Crippen LogP contribution >= 0.6 is 35.1 Å². The molecule has 7 nitrogen and oxygen atoms in total. The van der Waals surface area contributed by atoms with Gasteiger partial charge in [0.15, 0.2) is 0 Å². The quantitative estimate of drug-likeness (QED) is 0.439. The number of aromatic amines is 1. The van der Waals surface area contributed by atoms with E-state index < -0.39 is 5.82 Å². The molecule has 4 N–H and O–H groups in total. The van der Waals surface area contributed by atoms with Crippen LogP contribution < -0.4 is 11.1 Å². The molecule has 1 amide bonds. The van der Waals surface area contributed by atoms with Gasteiger partial charge in [0, 0.05) is 34.6 Å². The number of hydrogen-bond acceptors (Lipinski definition) is 7. The third kappa shape index (κ3) is 4.09. The lowest BCUT2D eigenvalue weighted by atomic mass is 10.1. The lowest BCUT2D eigenvalue weighted by Gasteiger charge is -2.09. The maximum absolute atomic E-state index is 13.8. The zero-order chi connectivity index (χ0) is 18.8. The van der Waals surface area contributed by atoms with E-state index in [2.05, 4.69) is 25.5 Å². The van der Waals surface area contributed by atoms with Gasteiger partial charge in [-0.15, -0.1) is 35.1 Å². The topological polar surface area (TPSA) is 110 Å². The summed E-state index contributed by atoms with van der Waals surface area (Å²) in [6, 6.07) is 4.13. The van der Waals surface area contributed by atoms with Crippen molar-refractivity contribution in [1.82, 2.24) is 20.2 Å². The molecule has 0 radical (unpaired) electrons. The Labute approximate surface area is 173 Å². The van der Waals surface area contributed by atoms with Crippen molar-refractivity contribution in [3.05, 3.63) is 57.9 Å². The van der Waals surface area contributed by atoms with Crippen molar-refractivity contribution in [1.29, 1.82) is 0 Å². The van der Waals surface area contributed by atoms with Gasteiger partial charge < -0.3 is 11.1 Å². The second-order valence-electron chi connectivity index (χ2n) is 5.50. The van der Waals surface area contributed by atoms with Gasteiger partial charge in [0.2, 0.25) is 0 Å². The minimum absolute atomic E-state index is 0. The number of nitrogens with one attached hydrogen (secondary N) is 2. The van der Waals surface area contributed by atoms with Crippen molar-refractivity contribution in [3.63, 3.8) is 0 Å². The molecule has 144 valence electrons. The zero-order valence-corrected chi connectivity index (χ0v) is 16.6. The summed E-state index contributed by atoms with van der Waals surface area (Å²) in [4.78, 5) is 21.3. The lowest BCUT2D eigenvalue weighted by molar-refractivity contribution is 0.102. The standard InChI is InChI=1S/C17H13FN6OS2.ClH/c18-10-1-2-12(11(3-10)13-7-26-15(4-19)22-13)23-16(25)14-8-27-17(24-14)9-5-20-21-6-9;/h1-3,5-8H,4,19H2,(H,20,21)(H,23,25);1H. The summed E-state index contributed by atoms with van der Waals surface area (Å²) in [5, 5.41) is 14.2. The van der Waals surface area contributed by atoms with Gasteiger partial charge in [-0.25, -0.2) is 14.4 Å². The maximum Gasteiger partial charge on any atom is 0.275 e. The smallest absolute Gasteiger partial charge is 0.275 e. The van der Waals surface area contributed by atoms with Crippen LogP contribution in [0, 0.1) is 5.82 Å². The highest BCUT2D eigenvalue weighted by Crippen LogP contribution is 2.31. The predicted molar refractivity (Wildman–Crippen MR) is 110 cm³/mol. The molecule has 4 aromatic rings. The number of nitrogens with two attached hydrogens (primary N) is 1. The molecule has 0 saturated heterocycles. The number of benzene rings is 1. The van der Waals surface area contributed by atoms with Crippen LogP contribution in [0.3, 0.4) is 0 Å². The van der Waals surface area contributed by atoms with Crippen LogP contribution in [-0.2, 0) is 6.54 Å². The molecule has 0 atom stereocenters. The molecule has 0 spiro atoms. The fourth-order valence-corrected chi connectivity index (χ4v) is 3.89. The first-order valence-corrected chi connectivity index (χ1v) is 9.60. The van der Waals surface area contributed by atoms with Gasteiger partial charge in [-0.3, -0.25) is 9.89 Å². The lowest BCUT2D eigenvalue weighted by Crippen LogP contribution is -2.13. The second kappa shape index (κ2) is 8.57. The number of halogens is 2. The molecule has 3 heterocycles. The first kappa shape index (κ1) is 20.1. The van der Waals surface area contributed by atoms with E-state index in [9.17, 15) is 9.18 Å². The Hall–Kier alpha value is -2.66. The SMILES string of the molecule is Cl.NCc1nc(-c2cc(F)ccc2NC(=O)c2csc(-c3cn[nH]c3)n2)cs1. The van der Waals surface area contributed by atoms with Crippen molar-refractivity contribution in [2.45, 2.75) is 6.54 Å². The van der Waals surface area contributed by atoms with E-state index in [0.717, 1.165) is 10.6 Å². The Morgan fingerprint density at radius 1 is 1.25 bits per heavy atom. The van der Waals surface area contributed by atoms with Crippen molar-refractivity contribution in [2.24, 2.45) is 5.73 Å². The van der Waals surface area contributed by atoms with Gasteiger partial charge in [-0.1, -0.05) is 0 Å². The number of nitrogens with zero attached hydrogens (tertiary/aromatic N) is 3. The number of hydrogen-bond donors (Lipinski definition) is 3. The molecule has 28 heavy (non-hydrogen) atoms. The van der Waals surface area contributed by atoms with E-state index in [4.69, 9.17) is 5.73 Å². The molecule has 0 bridgehead atoms. The van der Waals surface area contributed by atoms with E-state index in [0.29, 0.717) is 28.5 Å². The molecular weight excluding hydrogens is 423 g/mol. The fraction of sp³-hybridized carbons (Fsp3) is 0.0588. The van der Waals surface area contributed by atoms with Gasteiger partial charge in [0.05, 0.1) is 17.6 Å². The highest BCUT2D eigenvalue weighted by Gasteiger charge is 2.16. The average Bonchev–Trinajstić information content (AvgIpc) is 3.42. The normalized spacial score (nSPS) is 10.5. The van der Waals surface area contributed by atoms with Crippen LogP contribution in [0.15, 0.2) is 41.4 Å². The minimum atomic E-state index is -0.416. The van der Waals surface area contributed by atoms with Crippen molar-refractivity contribution in [2.75, 3.05) is 5.32 Å². The average molecular weight is 437 g/mol. The van der Waals surface area contributed by atoms with Gasteiger partial charge in [0.25, 0.3) is 5.91 Å². The number of carbonyl (C=O) groups excluding carboxylic acids is 1. The number of thiazole rings is 2. The summed E-state index contributed by atoms with van der Waals surface area (Å²) < 4.78 is 13.8. The van der Waals surface area contributed by atoms with E-state index in [1.165, 1.54) is 40.9 Å². The monoisotopic (exact) mass is 436 g/mol. The van der Waals surface area contributed by atoms with Crippen molar-refractivity contribution in [3.8, 4) is 21.8 Å². The maximum atomic E-state index is 13.8. The number of H-pyrrole nitrogens is 1. The highest BCUT2D eigenvalue weighted by molar-refractivity contribution is 7.13. The Kier molecular flexibility index (Phi) is 6.15. The van der Waals surface area contributed by atoms with Crippen LogP contribution in [0.25, 0.3) is 21.8 Å². The first-order chi connectivity index (χ1) is 13.1. The molecule has 11 heteroatoms. The van der Waals surface area contributed by atoms with Crippen LogP contribution in [0.2, 0.25) is 0 Å². The van der Waals surface area contributed by atoms with Gasteiger partial charge in [-0.05, 0) is 18.2 Å². The number of amides is 1. The summed E-state index contributed by atoms with van der Waals surface area (Å²) in [6.07, 6.45) is 3.34.